The summed E-state index contributed by atoms with van der Waals surface area (Å²) in [6.45, 7) is 11.4. The first-order chi connectivity index (χ1) is 20.8. The number of ether oxygens (including phenoxy) is 3. The molecular formula is C29H35N9O6. The number of nitrogens with two attached hydrogens (primary N) is 1. The number of fused-ring (bicyclic) bond motifs is 1. The van der Waals surface area contributed by atoms with E-state index in [9.17, 15) is 9.59 Å². The Hall–Kier alpha value is -4.82. The zero-order chi connectivity index (χ0) is 31.4. The largest absolute Gasteiger partial charge is 0.483 e. The number of hydrogen-bond donors (Lipinski definition) is 1. The maximum absolute atomic E-state index is 12.2. The molecule has 6 rings (SSSR count). The molecule has 1 aliphatic carbocycles. The number of nitrogen functional groups attached to an aromatic ring is 1. The van der Waals surface area contributed by atoms with Crippen LogP contribution in [0, 0.1) is 0 Å². The Morgan fingerprint density at radius 3 is 2.36 bits per heavy atom. The number of hydrogen-bond acceptors (Lipinski definition) is 13. The maximum atomic E-state index is 12.2. The Morgan fingerprint density at radius 1 is 1.02 bits per heavy atom. The molecule has 0 bridgehead atoms. The lowest BCUT2D eigenvalue weighted by molar-refractivity contribution is -0.158. The Balaban J connectivity index is 1.18. The quantitative estimate of drug-likeness (QED) is 0.301. The van der Waals surface area contributed by atoms with Gasteiger partial charge in [0.2, 0.25) is 0 Å². The molecule has 15 nitrogen and oxygen atoms in total. The highest BCUT2D eigenvalue weighted by Gasteiger charge is 2.37. The maximum Gasteiger partial charge on any atom is 0.410 e. The van der Waals surface area contributed by atoms with E-state index in [0.717, 1.165) is 12.8 Å². The third kappa shape index (κ3) is 5.85. The number of likely N-dealkylation sites (tertiary alicyclic amines) is 1. The summed E-state index contributed by atoms with van der Waals surface area (Å²) in [6, 6.07) is 0. The SMILES string of the molecule is CC(C)(C)OC(=O)COC(=O)N1CC(Oc2cnc(-c3c(-c4nn(C(C)(C)C)c5ncnc(N)c45)noc3C3CC3)nc2)C1. The van der Waals surface area contributed by atoms with Crippen LogP contribution in [0.3, 0.4) is 0 Å². The van der Waals surface area contributed by atoms with E-state index >= 15 is 0 Å². The number of esters is 1. The lowest BCUT2D eigenvalue weighted by Crippen LogP contribution is -2.56. The average molecular weight is 606 g/mol. The molecule has 4 aromatic heterocycles. The Morgan fingerprint density at radius 2 is 1.73 bits per heavy atom. The summed E-state index contributed by atoms with van der Waals surface area (Å²) in [5.41, 5.74) is 7.48. The van der Waals surface area contributed by atoms with Crippen LogP contribution < -0.4 is 10.5 Å². The van der Waals surface area contributed by atoms with Crippen LogP contribution in [0.15, 0.2) is 23.2 Å². The van der Waals surface area contributed by atoms with Gasteiger partial charge in [-0.15, -0.1) is 0 Å². The van der Waals surface area contributed by atoms with E-state index in [4.69, 9.17) is 29.6 Å². The lowest BCUT2D eigenvalue weighted by atomic mass is 10.1. The van der Waals surface area contributed by atoms with Crippen molar-refractivity contribution < 1.29 is 28.3 Å². The molecule has 4 aromatic rings. The summed E-state index contributed by atoms with van der Waals surface area (Å²) in [5, 5.41) is 9.87. The second-order valence-electron chi connectivity index (χ2n) is 13.0. The zero-order valence-electron chi connectivity index (χ0n) is 25.5. The van der Waals surface area contributed by atoms with E-state index < -0.39 is 24.3 Å². The Bertz CT molecular complexity index is 1710. The number of amides is 1. The smallest absolute Gasteiger partial charge is 0.410 e. The van der Waals surface area contributed by atoms with Crippen molar-refractivity contribution in [3.63, 3.8) is 0 Å². The van der Waals surface area contributed by atoms with Gasteiger partial charge in [0.1, 0.15) is 35.2 Å². The molecule has 5 heterocycles. The van der Waals surface area contributed by atoms with Crippen molar-refractivity contribution in [2.45, 2.75) is 77.5 Å². The van der Waals surface area contributed by atoms with Crippen LogP contribution in [0.4, 0.5) is 10.6 Å². The van der Waals surface area contributed by atoms with Crippen molar-refractivity contribution >= 4 is 28.9 Å². The van der Waals surface area contributed by atoms with Crippen molar-refractivity contribution in [1.29, 1.82) is 0 Å². The topological polar surface area (TPSA) is 186 Å². The fourth-order valence-electron chi connectivity index (χ4n) is 4.86. The minimum Gasteiger partial charge on any atom is -0.483 e. The molecule has 1 aliphatic heterocycles. The van der Waals surface area contributed by atoms with Crippen LogP contribution in [0.25, 0.3) is 33.8 Å². The number of carbonyl (C=O) groups is 2. The van der Waals surface area contributed by atoms with Gasteiger partial charge in [0.05, 0.1) is 42.0 Å². The predicted octanol–water partition coefficient (Wildman–Crippen LogP) is 3.69. The second kappa shape index (κ2) is 10.7. The molecule has 0 atom stereocenters. The molecule has 1 saturated heterocycles. The summed E-state index contributed by atoms with van der Waals surface area (Å²) < 4.78 is 23.8. The summed E-state index contributed by atoms with van der Waals surface area (Å²) in [5.74, 6) is 1.44. The van der Waals surface area contributed by atoms with Gasteiger partial charge in [0.25, 0.3) is 0 Å². The first-order valence-corrected chi connectivity index (χ1v) is 14.4. The minimum absolute atomic E-state index is 0.214. The Labute approximate surface area is 253 Å². The molecular weight excluding hydrogens is 570 g/mol. The van der Waals surface area contributed by atoms with Crippen molar-refractivity contribution in [2.24, 2.45) is 0 Å². The first-order valence-electron chi connectivity index (χ1n) is 14.4. The molecule has 0 aromatic carbocycles. The molecule has 1 amide bonds. The molecule has 1 saturated carbocycles. The van der Waals surface area contributed by atoms with Crippen LogP contribution in [0.2, 0.25) is 0 Å². The molecule has 0 radical (unpaired) electrons. The van der Waals surface area contributed by atoms with Crippen LogP contribution >= 0.6 is 0 Å². The number of carbonyl (C=O) groups excluding carboxylic acids is 2. The predicted molar refractivity (Wildman–Crippen MR) is 156 cm³/mol. The standard InChI is InChI=1S/C29H35N9O6/c1-28(2,3)38-26-20(24(30)33-14-34-26)21(35-38)22-19(23(44-36-22)15-7-8-15)25-31-9-16(10-32-25)42-17-11-37(12-17)27(40)41-13-18(39)43-29(4,5)6/h9-10,14-15,17H,7-8,11-13H2,1-6H3,(H2,30,33,34). The fraction of sp³-hybridized carbons (Fsp3) is 0.517. The molecule has 2 aliphatic rings. The van der Waals surface area contributed by atoms with E-state index in [2.05, 4.69) is 25.1 Å². The van der Waals surface area contributed by atoms with Gasteiger partial charge in [0, 0.05) is 5.92 Å². The highest BCUT2D eigenvalue weighted by atomic mass is 16.6. The minimum atomic E-state index is -0.654. The summed E-state index contributed by atoms with van der Waals surface area (Å²) in [6.07, 6.45) is 5.63. The van der Waals surface area contributed by atoms with E-state index in [1.165, 1.54) is 11.2 Å². The van der Waals surface area contributed by atoms with Crippen molar-refractivity contribution in [2.75, 3.05) is 25.4 Å². The third-order valence-corrected chi connectivity index (χ3v) is 7.01. The number of aromatic nitrogens is 7. The molecule has 2 fully saturated rings. The van der Waals surface area contributed by atoms with Gasteiger partial charge < -0.3 is 29.4 Å². The van der Waals surface area contributed by atoms with Crippen LogP contribution in [0.5, 0.6) is 5.75 Å². The third-order valence-electron chi connectivity index (χ3n) is 7.01. The van der Waals surface area contributed by atoms with E-state index in [1.54, 1.807) is 37.8 Å². The number of anilines is 1. The average Bonchev–Trinajstić information content (AvgIpc) is 3.53. The van der Waals surface area contributed by atoms with Crippen molar-refractivity contribution in [3.8, 4) is 28.5 Å². The molecule has 2 N–H and O–H groups in total. The molecule has 0 unspecified atom stereocenters. The van der Waals surface area contributed by atoms with Gasteiger partial charge in [-0.2, -0.15) is 5.10 Å². The van der Waals surface area contributed by atoms with Gasteiger partial charge in [-0.25, -0.2) is 34.2 Å². The molecule has 44 heavy (non-hydrogen) atoms. The monoisotopic (exact) mass is 605 g/mol. The molecule has 15 heteroatoms. The Kier molecular flexibility index (Phi) is 7.13. The van der Waals surface area contributed by atoms with Gasteiger partial charge in [-0.1, -0.05) is 5.16 Å². The highest BCUT2D eigenvalue weighted by Crippen LogP contribution is 2.48. The van der Waals surface area contributed by atoms with E-state index in [0.29, 0.717) is 58.4 Å². The van der Waals surface area contributed by atoms with E-state index in [-0.39, 0.29) is 23.4 Å². The van der Waals surface area contributed by atoms with E-state index in [1.807, 2.05) is 20.8 Å². The molecule has 232 valence electrons. The zero-order valence-corrected chi connectivity index (χ0v) is 25.5. The van der Waals surface area contributed by atoms with Crippen molar-refractivity contribution in [1.82, 2.24) is 39.8 Å². The highest BCUT2D eigenvalue weighted by molar-refractivity contribution is 6.00. The first kappa shape index (κ1) is 29.3. The van der Waals surface area contributed by atoms with Crippen LogP contribution in [0.1, 0.15) is 66.1 Å². The number of rotatable bonds is 7. The normalized spacial score (nSPS) is 15.7. The van der Waals surface area contributed by atoms with Gasteiger partial charge >= 0.3 is 12.1 Å². The van der Waals surface area contributed by atoms with Gasteiger partial charge in [0.15, 0.2) is 29.6 Å². The van der Waals surface area contributed by atoms with Gasteiger partial charge in [-0.3, -0.25) is 0 Å². The van der Waals surface area contributed by atoms with Crippen molar-refractivity contribution in [3.05, 3.63) is 24.5 Å². The summed E-state index contributed by atoms with van der Waals surface area (Å²) in [7, 11) is 0. The lowest BCUT2D eigenvalue weighted by Gasteiger charge is -2.37. The number of nitrogens with zero attached hydrogens (tertiary/aromatic N) is 8. The molecule has 0 spiro atoms. The van der Waals surface area contributed by atoms with Crippen LogP contribution in [-0.4, -0.2) is 83.2 Å². The summed E-state index contributed by atoms with van der Waals surface area (Å²) >= 11 is 0. The fourth-order valence-corrected chi connectivity index (χ4v) is 4.86. The summed E-state index contributed by atoms with van der Waals surface area (Å²) in [4.78, 5) is 43.3. The van der Waals surface area contributed by atoms with Gasteiger partial charge in [-0.05, 0) is 54.4 Å². The van der Waals surface area contributed by atoms with Crippen LogP contribution in [-0.2, 0) is 19.8 Å². The second-order valence-corrected chi connectivity index (χ2v) is 13.0.